The van der Waals surface area contributed by atoms with Crippen molar-refractivity contribution in [2.75, 3.05) is 0 Å². The lowest BCUT2D eigenvalue weighted by atomic mass is 9.96. The molecular weight excluding hydrogens is 607 g/mol. The van der Waals surface area contributed by atoms with E-state index in [4.69, 9.17) is 4.42 Å². The first kappa shape index (κ1) is 28.4. The molecule has 0 unspecified atom stereocenters. The Morgan fingerprint density at radius 3 is 1.68 bits per heavy atom. The Morgan fingerprint density at radius 2 is 0.860 bits per heavy atom. The van der Waals surface area contributed by atoms with E-state index < -0.39 is 0 Å². The van der Waals surface area contributed by atoms with Crippen LogP contribution in [0.15, 0.2) is 192 Å². The first-order valence-corrected chi connectivity index (χ1v) is 17.1. The average Bonchev–Trinajstić information content (AvgIpc) is 3.74. The van der Waals surface area contributed by atoms with Gasteiger partial charge in [-0.25, -0.2) is 0 Å². The van der Waals surface area contributed by atoms with Crippen LogP contribution in [-0.2, 0) is 0 Å². The number of hydrogen-bond donors (Lipinski definition) is 0. The third kappa shape index (κ3) is 4.57. The Kier molecular flexibility index (Phi) is 6.53. The Hall–Kier alpha value is -6.64. The second-order valence-corrected chi connectivity index (χ2v) is 12.9. The number of nitrogens with zero attached hydrogens (tertiary/aromatic N) is 1. The summed E-state index contributed by atoms with van der Waals surface area (Å²) >= 11 is 0. The third-order valence-corrected chi connectivity index (χ3v) is 10.1. The number of furan rings is 1. The highest BCUT2D eigenvalue weighted by molar-refractivity contribution is 6.13. The van der Waals surface area contributed by atoms with Crippen molar-refractivity contribution in [3.05, 3.63) is 188 Å². The molecule has 0 N–H and O–H groups in total. The standard InChI is InChI=1S/C48H31NO/c1-2-11-32(12-3-1)33-21-23-34(24-22-33)37-29-30-45-42(31-37)40-14-5-8-18-44(40)49(45)43-17-7-4-13-38(43)35-25-27-36(28-26-35)39-16-10-20-47-48(39)41-15-6-9-19-46(41)50-47/h1-31H. The van der Waals surface area contributed by atoms with Gasteiger partial charge in [-0.3, -0.25) is 0 Å². The molecular formula is C48H31NO. The van der Waals surface area contributed by atoms with E-state index >= 15 is 0 Å². The molecule has 8 aromatic carbocycles. The molecule has 0 amide bonds. The van der Waals surface area contributed by atoms with E-state index in [-0.39, 0.29) is 0 Å². The molecule has 2 heteroatoms. The van der Waals surface area contributed by atoms with Crippen LogP contribution in [0.5, 0.6) is 0 Å². The molecule has 10 aromatic rings. The van der Waals surface area contributed by atoms with Gasteiger partial charge in [0.15, 0.2) is 0 Å². The van der Waals surface area contributed by atoms with Gasteiger partial charge in [0.2, 0.25) is 0 Å². The molecule has 2 aromatic heterocycles. The molecule has 0 aliphatic rings. The van der Waals surface area contributed by atoms with E-state index in [1.807, 2.05) is 12.1 Å². The molecule has 0 aliphatic carbocycles. The van der Waals surface area contributed by atoms with E-state index in [1.54, 1.807) is 0 Å². The molecule has 0 spiro atoms. The van der Waals surface area contributed by atoms with Crippen LogP contribution in [0.25, 0.3) is 93.9 Å². The Morgan fingerprint density at radius 1 is 0.320 bits per heavy atom. The van der Waals surface area contributed by atoms with Crippen LogP contribution in [0.4, 0.5) is 0 Å². The predicted octanol–water partition coefficient (Wildman–Crippen LogP) is 13.4. The maximum absolute atomic E-state index is 6.19. The summed E-state index contributed by atoms with van der Waals surface area (Å²) in [6.07, 6.45) is 0. The Labute approximate surface area is 290 Å². The largest absolute Gasteiger partial charge is 0.456 e. The van der Waals surface area contributed by atoms with Gasteiger partial charge in [0.25, 0.3) is 0 Å². The highest BCUT2D eigenvalue weighted by Gasteiger charge is 2.17. The van der Waals surface area contributed by atoms with Crippen molar-refractivity contribution in [1.29, 1.82) is 0 Å². The van der Waals surface area contributed by atoms with Crippen LogP contribution in [0.2, 0.25) is 0 Å². The van der Waals surface area contributed by atoms with Gasteiger partial charge in [-0.05, 0) is 75.3 Å². The van der Waals surface area contributed by atoms with E-state index in [1.165, 1.54) is 66.3 Å². The fraction of sp³-hybridized carbons (Fsp3) is 0. The molecule has 2 heterocycles. The predicted molar refractivity (Wildman–Crippen MR) is 210 cm³/mol. The van der Waals surface area contributed by atoms with Crippen molar-refractivity contribution in [2.45, 2.75) is 0 Å². The zero-order chi connectivity index (χ0) is 33.0. The summed E-state index contributed by atoms with van der Waals surface area (Å²) in [5, 5.41) is 4.80. The lowest BCUT2D eigenvalue weighted by Crippen LogP contribution is -1.97. The third-order valence-electron chi connectivity index (χ3n) is 10.1. The minimum atomic E-state index is 0.914. The van der Waals surface area contributed by atoms with Gasteiger partial charge in [0.05, 0.1) is 16.7 Å². The monoisotopic (exact) mass is 637 g/mol. The summed E-state index contributed by atoms with van der Waals surface area (Å²) in [6.45, 7) is 0. The number of fused-ring (bicyclic) bond motifs is 6. The van der Waals surface area contributed by atoms with Crippen molar-refractivity contribution in [3.8, 4) is 50.2 Å². The van der Waals surface area contributed by atoms with Gasteiger partial charge in [0, 0.05) is 27.1 Å². The van der Waals surface area contributed by atoms with Crippen LogP contribution < -0.4 is 0 Å². The SMILES string of the molecule is c1ccc(-c2ccc(-c3ccc4c(c3)c3ccccc3n4-c3ccccc3-c3ccc(-c4cccc5oc6ccccc6c45)cc3)cc2)cc1. The summed E-state index contributed by atoms with van der Waals surface area (Å²) in [4.78, 5) is 0. The van der Waals surface area contributed by atoms with Crippen molar-refractivity contribution in [1.82, 2.24) is 4.57 Å². The molecule has 0 bridgehead atoms. The lowest BCUT2D eigenvalue weighted by Gasteiger charge is -2.15. The second-order valence-electron chi connectivity index (χ2n) is 12.9. The molecule has 234 valence electrons. The topological polar surface area (TPSA) is 18.1 Å². The minimum absolute atomic E-state index is 0.914. The molecule has 50 heavy (non-hydrogen) atoms. The zero-order valence-electron chi connectivity index (χ0n) is 27.3. The Bertz CT molecular complexity index is 2840. The van der Waals surface area contributed by atoms with Gasteiger partial charge in [-0.2, -0.15) is 0 Å². The van der Waals surface area contributed by atoms with Crippen LogP contribution in [0.1, 0.15) is 0 Å². The number of hydrogen-bond acceptors (Lipinski definition) is 1. The van der Waals surface area contributed by atoms with Crippen molar-refractivity contribution >= 4 is 43.7 Å². The van der Waals surface area contributed by atoms with Crippen LogP contribution in [0.3, 0.4) is 0 Å². The Balaban J connectivity index is 1.07. The van der Waals surface area contributed by atoms with Crippen molar-refractivity contribution < 1.29 is 4.42 Å². The van der Waals surface area contributed by atoms with Gasteiger partial charge >= 0.3 is 0 Å². The zero-order valence-corrected chi connectivity index (χ0v) is 27.3. The van der Waals surface area contributed by atoms with E-state index in [0.717, 1.165) is 27.6 Å². The number of para-hydroxylation sites is 3. The van der Waals surface area contributed by atoms with Gasteiger partial charge < -0.3 is 8.98 Å². The van der Waals surface area contributed by atoms with E-state index in [0.29, 0.717) is 0 Å². The first-order valence-electron chi connectivity index (χ1n) is 17.1. The van der Waals surface area contributed by atoms with E-state index in [2.05, 4.69) is 180 Å². The molecule has 0 aliphatic heterocycles. The molecule has 0 atom stereocenters. The van der Waals surface area contributed by atoms with Crippen LogP contribution >= 0.6 is 0 Å². The average molecular weight is 638 g/mol. The second kappa shape index (κ2) is 11.5. The molecule has 2 nitrogen and oxygen atoms in total. The normalized spacial score (nSPS) is 11.6. The summed E-state index contributed by atoms with van der Waals surface area (Å²) in [5.74, 6) is 0. The number of aromatic nitrogens is 1. The van der Waals surface area contributed by atoms with Gasteiger partial charge in [-0.1, -0.05) is 152 Å². The molecule has 0 saturated heterocycles. The highest BCUT2D eigenvalue weighted by Crippen LogP contribution is 2.40. The fourth-order valence-electron chi connectivity index (χ4n) is 7.66. The van der Waals surface area contributed by atoms with Crippen LogP contribution in [0, 0.1) is 0 Å². The minimum Gasteiger partial charge on any atom is -0.456 e. The van der Waals surface area contributed by atoms with Gasteiger partial charge in [0.1, 0.15) is 11.2 Å². The molecule has 0 radical (unpaired) electrons. The summed E-state index contributed by atoms with van der Waals surface area (Å²) in [5.41, 5.74) is 15.0. The molecule has 0 saturated carbocycles. The van der Waals surface area contributed by atoms with Crippen LogP contribution in [-0.4, -0.2) is 4.57 Å². The maximum atomic E-state index is 6.19. The summed E-state index contributed by atoms with van der Waals surface area (Å²) in [7, 11) is 0. The van der Waals surface area contributed by atoms with Gasteiger partial charge in [-0.15, -0.1) is 0 Å². The van der Waals surface area contributed by atoms with E-state index in [9.17, 15) is 0 Å². The maximum Gasteiger partial charge on any atom is 0.136 e. The number of benzene rings is 8. The number of rotatable bonds is 5. The summed E-state index contributed by atoms with van der Waals surface area (Å²) in [6, 6.07) is 67.4. The molecule has 10 rings (SSSR count). The quantitative estimate of drug-likeness (QED) is 0.184. The smallest absolute Gasteiger partial charge is 0.136 e. The molecule has 0 fully saturated rings. The van der Waals surface area contributed by atoms with Crippen molar-refractivity contribution in [3.63, 3.8) is 0 Å². The van der Waals surface area contributed by atoms with Crippen molar-refractivity contribution in [2.24, 2.45) is 0 Å². The first-order chi connectivity index (χ1) is 24.8. The summed E-state index contributed by atoms with van der Waals surface area (Å²) < 4.78 is 8.61. The lowest BCUT2D eigenvalue weighted by molar-refractivity contribution is 0.669. The fourth-order valence-corrected chi connectivity index (χ4v) is 7.66. The highest BCUT2D eigenvalue weighted by atomic mass is 16.3.